The molecule has 2 unspecified atom stereocenters. The van der Waals surface area contributed by atoms with Gasteiger partial charge in [0.05, 0.1) is 0 Å². The molecule has 20 heavy (non-hydrogen) atoms. The van der Waals surface area contributed by atoms with Crippen molar-refractivity contribution in [3.63, 3.8) is 0 Å². The van der Waals surface area contributed by atoms with E-state index in [1.165, 1.54) is 38.1 Å². The first-order valence-electron chi connectivity index (χ1n) is 7.29. The van der Waals surface area contributed by atoms with Gasteiger partial charge in [-0.2, -0.15) is 0 Å². The van der Waals surface area contributed by atoms with Gasteiger partial charge >= 0.3 is 0 Å². The molecule has 5 heteroatoms. The van der Waals surface area contributed by atoms with Crippen LogP contribution in [0.4, 0.5) is 10.1 Å². The van der Waals surface area contributed by atoms with Crippen molar-refractivity contribution in [3.05, 3.63) is 29.6 Å². The van der Waals surface area contributed by atoms with E-state index in [0.29, 0.717) is 17.6 Å². The van der Waals surface area contributed by atoms with Gasteiger partial charge in [0.25, 0.3) is 0 Å². The second-order valence-corrected chi connectivity index (χ2v) is 6.07. The second-order valence-electron chi connectivity index (χ2n) is 6.07. The summed E-state index contributed by atoms with van der Waals surface area (Å²) in [6.07, 6.45) is 2.42. The Bertz CT molecular complexity index is 554. The van der Waals surface area contributed by atoms with Crippen LogP contribution in [-0.2, 0) is 4.79 Å². The number of carbonyl (C=O) groups is 1. The van der Waals surface area contributed by atoms with Crippen LogP contribution in [0.3, 0.4) is 0 Å². The van der Waals surface area contributed by atoms with E-state index in [4.69, 9.17) is 0 Å². The number of halogens is 1. The molecule has 1 aromatic carbocycles. The number of amides is 1. The van der Waals surface area contributed by atoms with Crippen molar-refractivity contribution in [2.45, 2.75) is 24.9 Å². The van der Waals surface area contributed by atoms with E-state index in [0.717, 1.165) is 12.1 Å². The molecule has 4 aliphatic rings. The average molecular weight is 275 g/mol. The molecule has 2 atom stereocenters. The van der Waals surface area contributed by atoms with Crippen molar-refractivity contribution in [2.24, 2.45) is 5.92 Å². The number of nitrogens with one attached hydrogen (secondary N) is 2. The second kappa shape index (κ2) is 4.53. The molecule has 2 N–H and O–H groups in total. The Balaban J connectivity index is 1.56. The fourth-order valence-electron chi connectivity index (χ4n) is 3.77. The fraction of sp³-hybridized carbons (Fsp3) is 0.533. The minimum Gasteiger partial charge on any atom is -0.324 e. The molecule has 0 aliphatic carbocycles. The molecule has 4 aliphatic heterocycles. The number of anilines is 1. The lowest BCUT2D eigenvalue weighted by Gasteiger charge is -2.45. The van der Waals surface area contributed by atoms with Crippen LogP contribution in [0, 0.1) is 11.7 Å². The molecular weight excluding hydrogens is 257 g/mol. The molecule has 4 heterocycles. The van der Waals surface area contributed by atoms with Crippen LogP contribution in [0.1, 0.15) is 24.4 Å². The zero-order valence-corrected chi connectivity index (χ0v) is 11.2. The van der Waals surface area contributed by atoms with Gasteiger partial charge in [0.2, 0.25) is 5.91 Å². The number of nitrogens with zero attached hydrogens (tertiary/aromatic N) is 1. The van der Waals surface area contributed by atoms with Gasteiger partial charge in [-0.1, -0.05) is 6.07 Å². The van der Waals surface area contributed by atoms with E-state index in [1.807, 2.05) is 0 Å². The first-order chi connectivity index (χ1) is 9.70. The first kappa shape index (κ1) is 12.3. The Labute approximate surface area is 117 Å². The summed E-state index contributed by atoms with van der Waals surface area (Å²) in [6.45, 7) is 3.38. The van der Waals surface area contributed by atoms with Crippen molar-refractivity contribution in [3.8, 4) is 0 Å². The van der Waals surface area contributed by atoms with E-state index in [1.54, 1.807) is 6.07 Å². The predicted octanol–water partition coefficient (Wildman–Crippen LogP) is 1.50. The summed E-state index contributed by atoms with van der Waals surface area (Å²) in [7, 11) is 0. The molecule has 2 bridgehead atoms. The van der Waals surface area contributed by atoms with Crippen LogP contribution in [0.5, 0.6) is 0 Å². The van der Waals surface area contributed by atoms with Crippen molar-refractivity contribution >= 4 is 11.6 Å². The molecule has 0 saturated carbocycles. The number of benzene rings is 1. The Morgan fingerprint density at radius 3 is 2.80 bits per heavy atom. The zero-order chi connectivity index (χ0) is 13.7. The quantitative estimate of drug-likeness (QED) is 0.860. The Morgan fingerprint density at radius 2 is 2.10 bits per heavy atom. The molecule has 106 valence electrons. The lowest BCUT2D eigenvalue weighted by atomic mass is 9.83. The fourth-order valence-corrected chi connectivity index (χ4v) is 3.77. The van der Waals surface area contributed by atoms with Crippen LogP contribution in [0.15, 0.2) is 18.2 Å². The van der Waals surface area contributed by atoms with E-state index in [2.05, 4.69) is 15.5 Å². The summed E-state index contributed by atoms with van der Waals surface area (Å²) < 4.78 is 13.2. The molecule has 0 spiro atoms. The van der Waals surface area contributed by atoms with Gasteiger partial charge in [-0.25, -0.2) is 4.39 Å². The molecule has 1 aromatic rings. The highest BCUT2D eigenvalue weighted by Gasteiger charge is 2.39. The van der Waals surface area contributed by atoms with Gasteiger partial charge in [-0.3, -0.25) is 10.1 Å². The summed E-state index contributed by atoms with van der Waals surface area (Å²) in [4.78, 5) is 14.6. The molecule has 4 nitrogen and oxygen atoms in total. The summed E-state index contributed by atoms with van der Waals surface area (Å²) >= 11 is 0. The third-order valence-electron chi connectivity index (χ3n) is 4.88. The Kier molecular flexibility index (Phi) is 2.79. The van der Waals surface area contributed by atoms with Crippen LogP contribution in [0.25, 0.3) is 0 Å². The maximum atomic E-state index is 13.2. The standard InChI is InChI=1S/C15H18FN3O/c16-10-1-2-11-12(7-10)18-15(20)14(11)17-13-8-19-5-3-9(13)4-6-19/h1-2,7,9,13-14,17H,3-6,8H2,(H,18,20). The minimum absolute atomic E-state index is 0.0675. The van der Waals surface area contributed by atoms with Crippen LogP contribution < -0.4 is 10.6 Å². The SMILES string of the molecule is O=C1Nc2cc(F)ccc2C1NC1CN2CCC1CC2. The normalized spacial score (nSPS) is 35.0. The predicted molar refractivity (Wildman–Crippen MR) is 73.9 cm³/mol. The number of piperidine rings is 3. The van der Waals surface area contributed by atoms with Crippen molar-refractivity contribution in [1.29, 1.82) is 0 Å². The summed E-state index contributed by atoms with van der Waals surface area (Å²) in [5.74, 6) is 0.284. The number of rotatable bonds is 2. The van der Waals surface area contributed by atoms with Crippen LogP contribution in [-0.4, -0.2) is 36.5 Å². The molecule has 1 amide bonds. The third-order valence-corrected chi connectivity index (χ3v) is 4.88. The molecule has 3 fully saturated rings. The van der Waals surface area contributed by atoms with Gasteiger partial charge < -0.3 is 10.2 Å². The highest BCUT2D eigenvalue weighted by molar-refractivity contribution is 6.02. The van der Waals surface area contributed by atoms with E-state index in [-0.39, 0.29) is 17.8 Å². The summed E-state index contributed by atoms with van der Waals surface area (Å²) in [5, 5.41) is 6.27. The Hall–Kier alpha value is -1.46. The number of hydrogen-bond donors (Lipinski definition) is 2. The topological polar surface area (TPSA) is 44.4 Å². The van der Waals surface area contributed by atoms with E-state index in [9.17, 15) is 9.18 Å². The smallest absolute Gasteiger partial charge is 0.246 e. The van der Waals surface area contributed by atoms with Gasteiger partial charge in [-0.05, 0) is 44.0 Å². The summed E-state index contributed by atoms with van der Waals surface area (Å²) in [6, 6.07) is 4.55. The first-order valence-corrected chi connectivity index (χ1v) is 7.29. The third kappa shape index (κ3) is 1.93. The lowest BCUT2D eigenvalue weighted by Crippen LogP contribution is -2.57. The van der Waals surface area contributed by atoms with Gasteiger partial charge in [-0.15, -0.1) is 0 Å². The zero-order valence-electron chi connectivity index (χ0n) is 11.2. The molecular formula is C15H18FN3O. The van der Waals surface area contributed by atoms with E-state index < -0.39 is 0 Å². The molecule has 0 radical (unpaired) electrons. The van der Waals surface area contributed by atoms with Gasteiger partial charge in [0.15, 0.2) is 0 Å². The highest BCUT2D eigenvalue weighted by Crippen LogP contribution is 2.34. The largest absolute Gasteiger partial charge is 0.324 e. The number of carbonyl (C=O) groups excluding carboxylic acids is 1. The number of hydrogen-bond acceptors (Lipinski definition) is 3. The number of fused-ring (bicyclic) bond motifs is 4. The maximum Gasteiger partial charge on any atom is 0.246 e. The highest BCUT2D eigenvalue weighted by atomic mass is 19.1. The Morgan fingerprint density at radius 1 is 1.30 bits per heavy atom. The van der Waals surface area contributed by atoms with Crippen LogP contribution >= 0.6 is 0 Å². The van der Waals surface area contributed by atoms with Crippen molar-refractivity contribution in [2.75, 3.05) is 25.0 Å². The minimum atomic E-state index is -0.337. The monoisotopic (exact) mass is 275 g/mol. The molecule has 3 saturated heterocycles. The van der Waals surface area contributed by atoms with Gasteiger partial charge in [0, 0.05) is 23.8 Å². The van der Waals surface area contributed by atoms with Gasteiger partial charge in [0.1, 0.15) is 11.9 Å². The molecule has 5 rings (SSSR count). The van der Waals surface area contributed by atoms with Crippen molar-refractivity contribution < 1.29 is 9.18 Å². The average Bonchev–Trinajstić information content (AvgIpc) is 2.75. The van der Waals surface area contributed by atoms with E-state index >= 15 is 0 Å². The lowest BCUT2D eigenvalue weighted by molar-refractivity contribution is -0.118. The van der Waals surface area contributed by atoms with Crippen molar-refractivity contribution in [1.82, 2.24) is 10.2 Å². The molecule has 0 aromatic heterocycles. The summed E-state index contributed by atoms with van der Waals surface area (Å²) in [5.41, 5.74) is 1.47. The maximum absolute atomic E-state index is 13.2. The van der Waals surface area contributed by atoms with Crippen LogP contribution in [0.2, 0.25) is 0 Å².